The van der Waals surface area contributed by atoms with Gasteiger partial charge >= 0.3 is 0 Å². The molecule has 0 aliphatic rings. The van der Waals surface area contributed by atoms with E-state index in [1.165, 1.54) is 10.4 Å². The number of rotatable bonds is 8. The Morgan fingerprint density at radius 3 is 2.68 bits per heavy atom. The predicted molar refractivity (Wildman–Crippen MR) is 119 cm³/mol. The predicted octanol–water partition coefficient (Wildman–Crippen LogP) is 4.06. The second-order valence-electron chi connectivity index (χ2n) is 5.55. The molecule has 0 saturated carbocycles. The van der Waals surface area contributed by atoms with E-state index in [1.807, 2.05) is 29.5 Å². The van der Waals surface area contributed by atoms with Crippen LogP contribution >= 0.6 is 35.3 Å². The topological polar surface area (TPSA) is 36.9 Å². The number of hydrogen-bond acceptors (Lipinski definition) is 3. The Balaban J connectivity index is 0.00000312. The number of nitrogens with one attached hydrogen (secondary N) is 1. The fraction of sp³-hybridized carbons (Fsp3) is 0.421. The fourth-order valence-corrected chi connectivity index (χ4v) is 3.20. The maximum absolute atomic E-state index is 5.40. The van der Waals surface area contributed by atoms with Crippen LogP contribution in [0.15, 0.2) is 46.8 Å². The zero-order valence-electron chi connectivity index (χ0n) is 15.2. The third-order valence-electron chi connectivity index (χ3n) is 3.81. The van der Waals surface area contributed by atoms with Gasteiger partial charge in [0.2, 0.25) is 0 Å². The molecule has 1 N–H and O–H groups in total. The number of halogens is 1. The summed E-state index contributed by atoms with van der Waals surface area (Å²) in [5, 5.41) is 5.50. The number of guanidine groups is 1. The van der Waals surface area contributed by atoms with Gasteiger partial charge in [0.05, 0.1) is 7.11 Å². The van der Waals surface area contributed by atoms with Crippen molar-refractivity contribution in [2.75, 3.05) is 33.8 Å². The van der Waals surface area contributed by atoms with Crippen LogP contribution in [-0.2, 0) is 12.8 Å². The Morgan fingerprint density at radius 2 is 2.00 bits per heavy atom. The summed E-state index contributed by atoms with van der Waals surface area (Å²) in [6, 6.07) is 12.4. The molecular weight excluding hydrogens is 445 g/mol. The number of likely N-dealkylation sites (N-methyl/N-ethyl adjacent to an activating group) is 1. The number of aliphatic imine (C=N–C) groups is 1. The minimum absolute atomic E-state index is 0. The maximum atomic E-state index is 5.40. The lowest BCUT2D eigenvalue weighted by molar-refractivity contribution is 0.409. The van der Waals surface area contributed by atoms with E-state index in [-0.39, 0.29) is 24.0 Å². The van der Waals surface area contributed by atoms with E-state index < -0.39 is 0 Å². The van der Waals surface area contributed by atoms with Crippen molar-refractivity contribution in [1.82, 2.24) is 10.2 Å². The van der Waals surface area contributed by atoms with Crippen molar-refractivity contribution in [2.24, 2.45) is 4.99 Å². The molecule has 0 atom stereocenters. The maximum Gasteiger partial charge on any atom is 0.193 e. The standard InChI is InChI=1S/C19H27N3OS.HI/c1-4-20-19(22(2)14-12-17-9-7-15-24-17)21-13-11-16-8-5-6-10-18(16)23-3;/h5-10,15H,4,11-14H2,1-3H3,(H,20,21);1H. The van der Waals surface area contributed by atoms with Crippen molar-refractivity contribution < 1.29 is 4.74 Å². The van der Waals surface area contributed by atoms with Crippen LogP contribution in [-0.4, -0.2) is 44.7 Å². The number of methoxy groups -OCH3 is 1. The van der Waals surface area contributed by atoms with Crippen LogP contribution in [0.3, 0.4) is 0 Å². The number of thiophene rings is 1. The van der Waals surface area contributed by atoms with Crippen molar-refractivity contribution in [3.05, 3.63) is 52.2 Å². The number of ether oxygens (including phenoxy) is 1. The van der Waals surface area contributed by atoms with Crippen molar-refractivity contribution in [3.8, 4) is 5.75 Å². The van der Waals surface area contributed by atoms with Crippen molar-refractivity contribution in [2.45, 2.75) is 19.8 Å². The summed E-state index contributed by atoms with van der Waals surface area (Å²) in [5.74, 6) is 1.90. The Hall–Kier alpha value is -1.28. The number of nitrogens with zero attached hydrogens (tertiary/aromatic N) is 2. The fourth-order valence-electron chi connectivity index (χ4n) is 2.50. The third kappa shape index (κ3) is 7.23. The molecule has 138 valence electrons. The second kappa shape index (κ2) is 12.1. The van der Waals surface area contributed by atoms with Crippen LogP contribution in [0.25, 0.3) is 0 Å². The molecule has 0 unspecified atom stereocenters. The van der Waals surface area contributed by atoms with Gasteiger partial charge in [-0.15, -0.1) is 35.3 Å². The van der Waals surface area contributed by atoms with Gasteiger partial charge in [0.15, 0.2) is 5.96 Å². The van der Waals surface area contributed by atoms with Gasteiger partial charge < -0.3 is 15.0 Å². The smallest absolute Gasteiger partial charge is 0.193 e. The summed E-state index contributed by atoms with van der Waals surface area (Å²) >= 11 is 1.81. The largest absolute Gasteiger partial charge is 0.496 e. The molecular formula is C19H28IN3OS. The van der Waals surface area contributed by atoms with Crippen LogP contribution in [0.5, 0.6) is 5.75 Å². The van der Waals surface area contributed by atoms with Crippen LogP contribution in [0.4, 0.5) is 0 Å². The molecule has 2 aromatic rings. The van der Waals surface area contributed by atoms with E-state index in [4.69, 9.17) is 9.73 Å². The monoisotopic (exact) mass is 473 g/mol. The van der Waals surface area contributed by atoms with E-state index in [9.17, 15) is 0 Å². The summed E-state index contributed by atoms with van der Waals surface area (Å²) in [6.07, 6.45) is 1.92. The average molecular weight is 473 g/mol. The first kappa shape index (κ1) is 21.8. The van der Waals surface area contributed by atoms with Crippen LogP contribution < -0.4 is 10.1 Å². The Labute approximate surface area is 172 Å². The van der Waals surface area contributed by atoms with E-state index in [0.717, 1.165) is 44.2 Å². The molecule has 6 heteroatoms. The van der Waals surface area contributed by atoms with Gasteiger partial charge in [-0.1, -0.05) is 24.3 Å². The van der Waals surface area contributed by atoms with Gasteiger partial charge in [-0.2, -0.15) is 0 Å². The first-order valence-corrected chi connectivity index (χ1v) is 9.26. The van der Waals surface area contributed by atoms with Crippen molar-refractivity contribution in [3.63, 3.8) is 0 Å². The SMILES string of the molecule is CCNC(=NCCc1ccccc1OC)N(C)CCc1cccs1.I. The quantitative estimate of drug-likeness (QED) is 0.357. The van der Waals surface area contributed by atoms with Gasteiger partial charge in [-0.05, 0) is 42.8 Å². The van der Waals surface area contributed by atoms with Gasteiger partial charge in [0, 0.05) is 31.6 Å². The molecule has 0 amide bonds. The third-order valence-corrected chi connectivity index (χ3v) is 4.74. The van der Waals surface area contributed by atoms with E-state index in [1.54, 1.807) is 7.11 Å². The molecule has 0 bridgehead atoms. The summed E-state index contributed by atoms with van der Waals surface area (Å²) in [5.41, 5.74) is 1.20. The van der Waals surface area contributed by atoms with Gasteiger partial charge in [-0.25, -0.2) is 0 Å². The molecule has 25 heavy (non-hydrogen) atoms. The first-order chi connectivity index (χ1) is 11.7. The molecule has 0 aliphatic carbocycles. The number of hydrogen-bond donors (Lipinski definition) is 1. The molecule has 0 saturated heterocycles. The number of para-hydroxylation sites is 1. The summed E-state index contributed by atoms with van der Waals surface area (Å²) in [7, 11) is 3.81. The molecule has 2 rings (SSSR count). The zero-order chi connectivity index (χ0) is 17.2. The minimum atomic E-state index is 0. The highest BCUT2D eigenvalue weighted by Crippen LogP contribution is 2.17. The Bertz CT molecular complexity index is 631. The molecule has 0 radical (unpaired) electrons. The first-order valence-electron chi connectivity index (χ1n) is 8.38. The summed E-state index contributed by atoms with van der Waals surface area (Å²) in [6.45, 7) is 4.67. The highest BCUT2D eigenvalue weighted by Gasteiger charge is 2.07. The number of benzene rings is 1. The molecule has 1 aromatic carbocycles. The zero-order valence-corrected chi connectivity index (χ0v) is 18.3. The van der Waals surface area contributed by atoms with E-state index in [0.29, 0.717) is 0 Å². The van der Waals surface area contributed by atoms with Crippen LogP contribution in [0.2, 0.25) is 0 Å². The lowest BCUT2D eigenvalue weighted by Crippen LogP contribution is -2.40. The molecule has 1 aromatic heterocycles. The Morgan fingerprint density at radius 1 is 1.20 bits per heavy atom. The van der Waals surface area contributed by atoms with E-state index in [2.05, 4.69) is 47.8 Å². The molecule has 1 heterocycles. The van der Waals surface area contributed by atoms with Crippen molar-refractivity contribution in [1.29, 1.82) is 0 Å². The van der Waals surface area contributed by atoms with Gasteiger partial charge in [-0.3, -0.25) is 4.99 Å². The minimum Gasteiger partial charge on any atom is -0.496 e. The van der Waals surface area contributed by atoms with E-state index >= 15 is 0 Å². The van der Waals surface area contributed by atoms with Crippen molar-refractivity contribution >= 4 is 41.3 Å². The van der Waals surface area contributed by atoms with Gasteiger partial charge in [0.1, 0.15) is 5.75 Å². The van der Waals surface area contributed by atoms with Crippen LogP contribution in [0.1, 0.15) is 17.4 Å². The lowest BCUT2D eigenvalue weighted by atomic mass is 10.1. The van der Waals surface area contributed by atoms with Crippen LogP contribution in [0, 0.1) is 0 Å². The molecule has 4 nitrogen and oxygen atoms in total. The lowest BCUT2D eigenvalue weighted by Gasteiger charge is -2.21. The highest BCUT2D eigenvalue weighted by molar-refractivity contribution is 14.0. The highest BCUT2D eigenvalue weighted by atomic mass is 127. The summed E-state index contributed by atoms with van der Waals surface area (Å²) < 4.78 is 5.40. The second-order valence-corrected chi connectivity index (χ2v) is 6.58. The summed E-state index contributed by atoms with van der Waals surface area (Å²) in [4.78, 5) is 8.37. The Kier molecular flexibility index (Phi) is 10.6. The van der Waals surface area contributed by atoms with Gasteiger partial charge in [0.25, 0.3) is 0 Å². The normalized spacial score (nSPS) is 10.9. The molecule has 0 fully saturated rings. The average Bonchev–Trinajstić information content (AvgIpc) is 3.13. The molecule has 0 spiro atoms. The molecule has 0 aliphatic heterocycles.